The maximum absolute atomic E-state index is 13.3. The van der Waals surface area contributed by atoms with E-state index in [4.69, 9.17) is 9.88 Å². The van der Waals surface area contributed by atoms with E-state index in [9.17, 15) is 18.0 Å². The number of carbonyl (C=O) groups excluding carboxylic acids is 2. The number of hydrogen-bond donors (Lipinski definition) is 2. The summed E-state index contributed by atoms with van der Waals surface area (Å²) in [7, 11) is -3.88. The number of ether oxygens (including phenoxy) is 1. The number of rotatable bonds is 11. The number of esters is 1. The molecule has 4 aromatic rings. The summed E-state index contributed by atoms with van der Waals surface area (Å²) in [6.07, 6.45) is 1.84. The maximum Gasteiger partial charge on any atom is 0.341 e. The van der Waals surface area contributed by atoms with Crippen LogP contribution in [0.5, 0.6) is 0 Å². The molecule has 0 aliphatic heterocycles. The number of thiophene rings is 1. The molecule has 2 aromatic heterocycles. The number of aryl methyl sites for hydroxylation is 1. The van der Waals surface area contributed by atoms with Gasteiger partial charge in [0.25, 0.3) is 0 Å². The zero-order valence-electron chi connectivity index (χ0n) is 21.8. The highest BCUT2D eigenvalue weighted by Gasteiger charge is 2.26. The summed E-state index contributed by atoms with van der Waals surface area (Å²) in [6, 6.07) is 14.1. The minimum Gasteiger partial charge on any atom is -0.462 e. The molecule has 0 radical (unpaired) electrons. The number of fused-ring (bicyclic) bond motifs is 1. The third-order valence-corrected chi connectivity index (χ3v) is 8.89. The van der Waals surface area contributed by atoms with Crippen LogP contribution in [0.2, 0.25) is 0 Å². The van der Waals surface area contributed by atoms with Gasteiger partial charge in [-0.3, -0.25) is 4.79 Å². The number of imidazole rings is 1. The van der Waals surface area contributed by atoms with Crippen LogP contribution in [-0.2, 0) is 26.1 Å². The number of nitrogens with zero attached hydrogens (tertiary/aromatic N) is 2. The Morgan fingerprint density at radius 1 is 1.18 bits per heavy atom. The number of anilines is 1. The highest BCUT2D eigenvalue weighted by atomic mass is 32.2. The Hall–Kier alpha value is -3.19. The quantitative estimate of drug-likeness (QED) is 0.175. The van der Waals surface area contributed by atoms with Crippen LogP contribution in [0.1, 0.15) is 44.0 Å². The van der Waals surface area contributed by atoms with E-state index in [0.29, 0.717) is 33.3 Å². The van der Waals surface area contributed by atoms with E-state index in [0.717, 1.165) is 23.9 Å². The lowest BCUT2D eigenvalue weighted by Gasteiger charge is -2.14. The van der Waals surface area contributed by atoms with E-state index in [1.165, 1.54) is 35.2 Å². The molecule has 0 fully saturated rings. The minimum atomic E-state index is -3.88. The van der Waals surface area contributed by atoms with Crippen LogP contribution in [0.3, 0.4) is 0 Å². The van der Waals surface area contributed by atoms with Crippen molar-refractivity contribution >= 4 is 61.0 Å². The number of sulfonamides is 1. The first kappa shape index (κ1) is 28.8. The Morgan fingerprint density at radius 3 is 2.59 bits per heavy atom. The summed E-state index contributed by atoms with van der Waals surface area (Å²) in [6.45, 7) is 6.45. The molecule has 9 nitrogen and oxygen atoms in total. The molecule has 4 rings (SSSR count). The van der Waals surface area contributed by atoms with Crippen molar-refractivity contribution in [2.24, 2.45) is 5.14 Å². The van der Waals surface area contributed by atoms with Gasteiger partial charge in [-0.1, -0.05) is 55.4 Å². The Morgan fingerprint density at radius 2 is 1.92 bits per heavy atom. The first-order chi connectivity index (χ1) is 18.6. The topological polar surface area (TPSA) is 133 Å². The van der Waals surface area contributed by atoms with Crippen LogP contribution >= 0.6 is 23.1 Å². The fourth-order valence-corrected chi connectivity index (χ4v) is 6.44. The second kappa shape index (κ2) is 12.3. The van der Waals surface area contributed by atoms with Gasteiger partial charge >= 0.3 is 5.97 Å². The average Bonchev–Trinajstić information content (AvgIpc) is 3.48. The fourth-order valence-electron chi connectivity index (χ4n) is 4.00. The number of hydrogen-bond acceptors (Lipinski definition) is 8. The largest absolute Gasteiger partial charge is 0.462 e. The molecular weight excluding hydrogens is 557 g/mol. The lowest BCUT2D eigenvalue weighted by atomic mass is 10.0. The summed E-state index contributed by atoms with van der Waals surface area (Å²) in [5.41, 5.74) is 3.12. The zero-order chi connectivity index (χ0) is 28.2. The zero-order valence-corrected chi connectivity index (χ0v) is 24.3. The number of primary sulfonamides is 1. The van der Waals surface area contributed by atoms with Crippen molar-refractivity contribution in [1.82, 2.24) is 9.55 Å². The van der Waals surface area contributed by atoms with Gasteiger partial charge in [0.05, 0.1) is 27.8 Å². The average molecular weight is 587 g/mol. The van der Waals surface area contributed by atoms with Crippen molar-refractivity contribution in [3.63, 3.8) is 0 Å². The van der Waals surface area contributed by atoms with E-state index < -0.39 is 21.2 Å². The second-order valence-electron chi connectivity index (χ2n) is 8.78. The molecule has 0 aliphatic carbocycles. The monoisotopic (exact) mass is 586 g/mol. The number of benzene rings is 2. The molecule has 2 aromatic carbocycles. The van der Waals surface area contributed by atoms with Gasteiger partial charge in [0, 0.05) is 17.5 Å². The van der Waals surface area contributed by atoms with Crippen LogP contribution < -0.4 is 10.5 Å². The Balaban J connectivity index is 1.62. The number of amides is 1. The van der Waals surface area contributed by atoms with E-state index in [2.05, 4.69) is 17.2 Å². The van der Waals surface area contributed by atoms with Crippen molar-refractivity contribution in [2.45, 2.75) is 55.5 Å². The highest BCUT2D eigenvalue weighted by Crippen LogP contribution is 2.37. The number of nitrogens with one attached hydrogen (secondary N) is 1. The molecular formula is C27H30N4O5S3. The molecule has 1 atom stereocenters. The molecule has 0 bridgehead atoms. The summed E-state index contributed by atoms with van der Waals surface area (Å²) in [4.78, 5) is 30.8. The van der Waals surface area contributed by atoms with Gasteiger partial charge in [-0.25, -0.2) is 23.3 Å². The Kier molecular flexibility index (Phi) is 9.11. The van der Waals surface area contributed by atoms with Crippen molar-refractivity contribution in [3.05, 3.63) is 59.5 Å². The van der Waals surface area contributed by atoms with Crippen LogP contribution in [0.25, 0.3) is 22.2 Å². The molecule has 0 saturated carbocycles. The molecule has 0 spiro atoms. The van der Waals surface area contributed by atoms with E-state index in [1.807, 2.05) is 40.3 Å². The molecule has 1 unspecified atom stereocenters. The van der Waals surface area contributed by atoms with Crippen molar-refractivity contribution in [3.8, 4) is 11.1 Å². The molecule has 12 heteroatoms. The molecule has 39 heavy (non-hydrogen) atoms. The molecule has 1 amide bonds. The van der Waals surface area contributed by atoms with Gasteiger partial charge in [0.15, 0.2) is 5.16 Å². The first-order valence-electron chi connectivity index (χ1n) is 12.5. The van der Waals surface area contributed by atoms with Crippen LogP contribution in [0.4, 0.5) is 5.00 Å². The second-order valence-corrected chi connectivity index (χ2v) is 12.5. The third-order valence-electron chi connectivity index (χ3n) is 5.99. The smallest absolute Gasteiger partial charge is 0.341 e. The van der Waals surface area contributed by atoms with Crippen LogP contribution in [0, 0.1) is 0 Å². The van der Waals surface area contributed by atoms with E-state index >= 15 is 0 Å². The van der Waals surface area contributed by atoms with Gasteiger partial charge in [0.2, 0.25) is 15.9 Å². The normalized spacial score (nSPS) is 12.4. The standard InChI is InChI=1S/C27H30N4O5S3/c1-4-6-14-31-22-13-12-19(39(28,34)35)15-21(22)29-27(31)38-17(3)24(32)30-25-23(26(33)36-5-2)20(16-37-25)18-10-8-7-9-11-18/h7-13,15-17H,4-6,14H2,1-3H3,(H,30,32)(H2,28,34,35). The highest BCUT2D eigenvalue weighted by molar-refractivity contribution is 8.00. The predicted octanol–water partition coefficient (Wildman–Crippen LogP) is 5.51. The number of unbranched alkanes of at least 4 members (excludes halogenated alkanes) is 1. The SMILES string of the molecule is CCCCn1c(SC(C)C(=O)Nc2scc(-c3ccccc3)c2C(=O)OCC)nc2cc(S(N)(=O)=O)ccc21. The van der Waals surface area contributed by atoms with Gasteiger partial charge in [0.1, 0.15) is 10.6 Å². The molecule has 0 saturated heterocycles. The maximum atomic E-state index is 13.3. The van der Waals surface area contributed by atoms with E-state index in [-0.39, 0.29) is 17.4 Å². The predicted molar refractivity (Wildman–Crippen MR) is 156 cm³/mol. The van der Waals surface area contributed by atoms with Crippen molar-refractivity contribution in [1.29, 1.82) is 0 Å². The minimum absolute atomic E-state index is 0.0177. The van der Waals surface area contributed by atoms with E-state index in [1.54, 1.807) is 19.9 Å². The lowest BCUT2D eigenvalue weighted by molar-refractivity contribution is -0.115. The van der Waals surface area contributed by atoms with Gasteiger partial charge in [-0.15, -0.1) is 11.3 Å². The van der Waals surface area contributed by atoms with Crippen molar-refractivity contribution < 1.29 is 22.7 Å². The molecule has 2 heterocycles. The summed E-state index contributed by atoms with van der Waals surface area (Å²) < 4.78 is 31.0. The third kappa shape index (κ3) is 6.52. The Bertz CT molecular complexity index is 1600. The first-order valence-corrected chi connectivity index (χ1v) is 15.8. The number of thioether (sulfide) groups is 1. The molecule has 0 aliphatic rings. The lowest BCUT2D eigenvalue weighted by Crippen LogP contribution is -2.23. The number of nitrogens with two attached hydrogens (primary N) is 1. The number of carbonyl (C=O) groups is 2. The summed E-state index contributed by atoms with van der Waals surface area (Å²) in [5.74, 6) is -0.799. The van der Waals surface area contributed by atoms with Gasteiger partial charge in [-0.2, -0.15) is 0 Å². The summed E-state index contributed by atoms with van der Waals surface area (Å²) >= 11 is 2.53. The summed E-state index contributed by atoms with van der Waals surface area (Å²) in [5, 5.41) is 10.5. The fraction of sp³-hybridized carbons (Fsp3) is 0.296. The molecule has 206 valence electrons. The van der Waals surface area contributed by atoms with Gasteiger partial charge in [-0.05, 0) is 44.0 Å². The number of aromatic nitrogens is 2. The van der Waals surface area contributed by atoms with Gasteiger partial charge < -0.3 is 14.6 Å². The van der Waals surface area contributed by atoms with Crippen molar-refractivity contribution in [2.75, 3.05) is 11.9 Å². The van der Waals surface area contributed by atoms with Crippen LogP contribution in [-0.4, -0.2) is 41.7 Å². The molecule has 3 N–H and O–H groups in total. The van der Waals surface area contributed by atoms with Crippen LogP contribution in [0.15, 0.2) is 64.0 Å². The Labute approximate surface area is 235 Å².